The van der Waals surface area contributed by atoms with Crippen molar-refractivity contribution in [3.8, 4) is 11.8 Å². The van der Waals surface area contributed by atoms with Crippen molar-refractivity contribution in [3.63, 3.8) is 0 Å². The standard InChI is InChI=1S/C22H21FN2O4/c1-3-25(19-9-7-18(23)8-10-19)21(26)15-29-22(27)17(14-24)13-16-5-11-20(12-6-16)28-4-2/h5-13H,3-4,15H2,1-2H3/b17-13+. The zero-order chi connectivity index (χ0) is 21.2. The monoisotopic (exact) mass is 396 g/mol. The molecule has 0 N–H and O–H groups in total. The number of esters is 1. The number of halogens is 1. The Hall–Kier alpha value is -3.66. The Morgan fingerprint density at radius 3 is 2.31 bits per heavy atom. The summed E-state index contributed by atoms with van der Waals surface area (Å²) in [5, 5.41) is 9.25. The zero-order valence-electron chi connectivity index (χ0n) is 16.2. The van der Waals surface area contributed by atoms with Gasteiger partial charge >= 0.3 is 5.97 Å². The predicted octanol–water partition coefficient (Wildman–Crippen LogP) is 3.73. The quantitative estimate of drug-likeness (QED) is 0.386. The highest BCUT2D eigenvalue weighted by Gasteiger charge is 2.18. The first-order chi connectivity index (χ1) is 14.0. The van der Waals surface area contributed by atoms with Crippen LogP contribution >= 0.6 is 0 Å². The first kappa shape index (κ1) is 21.6. The molecule has 0 spiro atoms. The van der Waals surface area contributed by atoms with Gasteiger partial charge in [0.05, 0.1) is 6.61 Å². The maximum absolute atomic E-state index is 13.1. The number of rotatable bonds is 8. The number of ether oxygens (including phenoxy) is 2. The number of benzene rings is 2. The summed E-state index contributed by atoms with van der Waals surface area (Å²) in [7, 11) is 0. The lowest BCUT2D eigenvalue weighted by atomic mass is 10.1. The van der Waals surface area contributed by atoms with Crippen LogP contribution in [0.15, 0.2) is 54.1 Å². The van der Waals surface area contributed by atoms with Gasteiger partial charge in [0.25, 0.3) is 5.91 Å². The number of nitriles is 1. The topological polar surface area (TPSA) is 79.6 Å². The fraction of sp³-hybridized carbons (Fsp3) is 0.227. The Morgan fingerprint density at radius 1 is 1.10 bits per heavy atom. The largest absolute Gasteiger partial charge is 0.494 e. The molecule has 2 aromatic carbocycles. The predicted molar refractivity (Wildman–Crippen MR) is 107 cm³/mol. The molecule has 2 rings (SSSR count). The molecule has 0 unspecified atom stereocenters. The second kappa shape index (κ2) is 10.6. The number of hydrogen-bond donors (Lipinski definition) is 0. The highest BCUT2D eigenvalue weighted by atomic mass is 19.1. The molecule has 0 bridgehead atoms. The first-order valence-electron chi connectivity index (χ1n) is 9.06. The SMILES string of the molecule is CCOc1ccc(/C=C(\C#N)C(=O)OCC(=O)N(CC)c2ccc(F)cc2)cc1. The van der Waals surface area contributed by atoms with E-state index in [9.17, 15) is 19.2 Å². The van der Waals surface area contributed by atoms with Gasteiger partial charge in [0.2, 0.25) is 0 Å². The number of nitrogens with zero attached hydrogens (tertiary/aromatic N) is 2. The van der Waals surface area contributed by atoms with Gasteiger partial charge in [-0.3, -0.25) is 4.79 Å². The molecule has 0 aliphatic rings. The fourth-order valence-corrected chi connectivity index (χ4v) is 2.54. The second-order valence-electron chi connectivity index (χ2n) is 5.86. The molecule has 0 fully saturated rings. The molecule has 29 heavy (non-hydrogen) atoms. The minimum Gasteiger partial charge on any atom is -0.494 e. The van der Waals surface area contributed by atoms with E-state index in [0.717, 1.165) is 0 Å². The molecule has 7 heteroatoms. The van der Waals surface area contributed by atoms with Crippen LogP contribution < -0.4 is 9.64 Å². The van der Waals surface area contributed by atoms with E-state index in [1.54, 1.807) is 37.3 Å². The van der Waals surface area contributed by atoms with Crippen molar-refractivity contribution in [2.75, 3.05) is 24.7 Å². The molecular formula is C22H21FN2O4. The number of hydrogen-bond acceptors (Lipinski definition) is 5. The third-order valence-corrected chi connectivity index (χ3v) is 3.92. The van der Waals surface area contributed by atoms with E-state index in [-0.39, 0.29) is 5.57 Å². The van der Waals surface area contributed by atoms with Crippen LogP contribution in [0.5, 0.6) is 5.75 Å². The van der Waals surface area contributed by atoms with Gasteiger partial charge in [0.15, 0.2) is 6.61 Å². The van der Waals surface area contributed by atoms with Crippen molar-refractivity contribution in [2.45, 2.75) is 13.8 Å². The van der Waals surface area contributed by atoms with Gasteiger partial charge in [-0.25, -0.2) is 9.18 Å². The number of likely N-dealkylation sites (N-methyl/N-ethyl adjacent to an activating group) is 1. The second-order valence-corrected chi connectivity index (χ2v) is 5.86. The molecule has 6 nitrogen and oxygen atoms in total. The molecule has 0 radical (unpaired) electrons. The van der Waals surface area contributed by atoms with Crippen LogP contribution in [0.4, 0.5) is 10.1 Å². The van der Waals surface area contributed by atoms with Gasteiger partial charge in [-0.05, 0) is 61.9 Å². The van der Waals surface area contributed by atoms with Crippen LogP contribution in [-0.2, 0) is 14.3 Å². The summed E-state index contributed by atoms with van der Waals surface area (Å²) in [6.07, 6.45) is 1.38. The van der Waals surface area contributed by atoms with Gasteiger partial charge < -0.3 is 14.4 Å². The lowest BCUT2D eigenvalue weighted by Gasteiger charge is -2.20. The highest BCUT2D eigenvalue weighted by molar-refractivity contribution is 6.00. The summed E-state index contributed by atoms with van der Waals surface area (Å²) < 4.78 is 23.4. The lowest BCUT2D eigenvalue weighted by Crippen LogP contribution is -2.34. The van der Waals surface area contributed by atoms with Crippen molar-refractivity contribution < 1.29 is 23.5 Å². The third-order valence-electron chi connectivity index (χ3n) is 3.92. The zero-order valence-corrected chi connectivity index (χ0v) is 16.2. The third kappa shape index (κ3) is 6.18. The first-order valence-corrected chi connectivity index (χ1v) is 9.06. The number of anilines is 1. The number of carbonyl (C=O) groups excluding carboxylic acids is 2. The fourth-order valence-electron chi connectivity index (χ4n) is 2.54. The van der Waals surface area contributed by atoms with Crippen molar-refractivity contribution in [2.24, 2.45) is 0 Å². The number of carbonyl (C=O) groups is 2. The van der Waals surface area contributed by atoms with Crippen LogP contribution in [0, 0.1) is 17.1 Å². The van der Waals surface area contributed by atoms with Gasteiger partial charge in [-0.15, -0.1) is 0 Å². The van der Waals surface area contributed by atoms with Crippen LogP contribution in [0.3, 0.4) is 0 Å². The molecule has 0 atom stereocenters. The molecule has 0 heterocycles. The summed E-state index contributed by atoms with van der Waals surface area (Å²) >= 11 is 0. The lowest BCUT2D eigenvalue weighted by molar-refractivity contribution is -0.143. The van der Waals surface area contributed by atoms with Crippen LogP contribution in [0.2, 0.25) is 0 Å². The van der Waals surface area contributed by atoms with Gasteiger partial charge in [0.1, 0.15) is 23.2 Å². The molecular weight excluding hydrogens is 375 g/mol. The normalized spacial score (nSPS) is 10.8. The molecule has 0 saturated carbocycles. The Labute approximate surface area is 168 Å². The maximum Gasteiger partial charge on any atom is 0.349 e. The van der Waals surface area contributed by atoms with E-state index >= 15 is 0 Å². The molecule has 0 aliphatic carbocycles. The van der Waals surface area contributed by atoms with Crippen molar-refractivity contribution in [1.82, 2.24) is 0 Å². The molecule has 0 saturated heterocycles. The minimum absolute atomic E-state index is 0.230. The maximum atomic E-state index is 13.1. The van der Waals surface area contributed by atoms with Crippen LogP contribution in [0.25, 0.3) is 6.08 Å². The van der Waals surface area contributed by atoms with Crippen molar-refractivity contribution in [1.29, 1.82) is 5.26 Å². The molecule has 2 aromatic rings. The van der Waals surface area contributed by atoms with E-state index in [4.69, 9.17) is 9.47 Å². The summed E-state index contributed by atoms with van der Waals surface area (Å²) in [5.74, 6) is -1.12. The Kier molecular flexibility index (Phi) is 7.92. The van der Waals surface area contributed by atoms with E-state index in [1.165, 1.54) is 35.2 Å². The Balaban J connectivity index is 2.02. The summed E-state index contributed by atoms with van der Waals surface area (Å²) in [6, 6.07) is 14.0. The van der Waals surface area contributed by atoms with Gasteiger partial charge in [0, 0.05) is 12.2 Å². The van der Waals surface area contributed by atoms with Crippen molar-refractivity contribution in [3.05, 3.63) is 65.5 Å². The molecule has 1 amide bonds. The van der Waals surface area contributed by atoms with Crippen LogP contribution in [0.1, 0.15) is 19.4 Å². The van der Waals surface area contributed by atoms with Gasteiger partial charge in [-0.2, -0.15) is 5.26 Å². The summed E-state index contributed by atoms with van der Waals surface area (Å²) in [4.78, 5) is 25.9. The van der Waals surface area contributed by atoms with Crippen LogP contribution in [-0.4, -0.2) is 31.6 Å². The van der Waals surface area contributed by atoms with E-state index in [2.05, 4.69) is 0 Å². The smallest absolute Gasteiger partial charge is 0.349 e. The summed E-state index contributed by atoms with van der Waals surface area (Å²) in [5.41, 5.74) is 0.877. The molecule has 0 aromatic heterocycles. The summed E-state index contributed by atoms with van der Waals surface area (Å²) in [6.45, 7) is 3.93. The highest BCUT2D eigenvalue weighted by Crippen LogP contribution is 2.16. The van der Waals surface area contributed by atoms with E-state index in [1.807, 2.05) is 6.92 Å². The average Bonchev–Trinajstić information content (AvgIpc) is 2.73. The van der Waals surface area contributed by atoms with Crippen molar-refractivity contribution >= 4 is 23.6 Å². The molecule has 0 aliphatic heterocycles. The minimum atomic E-state index is -0.898. The number of amides is 1. The molecule has 150 valence electrons. The Morgan fingerprint density at radius 2 is 1.76 bits per heavy atom. The van der Waals surface area contributed by atoms with E-state index in [0.29, 0.717) is 30.2 Å². The van der Waals surface area contributed by atoms with E-state index < -0.39 is 24.3 Å². The average molecular weight is 396 g/mol. The van der Waals surface area contributed by atoms with Gasteiger partial charge in [-0.1, -0.05) is 12.1 Å². The Bertz CT molecular complexity index is 915.